The molecule has 8 heteroatoms. The number of ether oxygens (including phenoxy) is 1. The van der Waals surface area contributed by atoms with Gasteiger partial charge in [0, 0.05) is 10.6 Å². The van der Waals surface area contributed by atoms with Crippen LogP contribution in [0.1, 0.15) is 33.6 Å². The van der Waals surface area contributed by atoms with Crippen molar-refractivity contribution in [2.24, 2.45) is 5.16 Å². The van der Waals surface area contributed by atoms with Crippen LogP contribution < -0.4 is 0 Å². The fourth-order valence-electron chi connectivity index (χ4n) is 2.19. The van der Waals surface area contributed by atoms with Crippen molar-refractivity contribution < 1.29 is 28.0 Å². The lowest BCUT2D eigenvalue weighted by atomic mass is 10.1. The molecule has 0 saturated heterocycles. The van der Waals surface area contributed by atoms with Gasteiger partial charge in [-0.05, 0) is 49.4 Å². The Hall–Kier alpha value is -3.32. The quantitative estimate of drug-likeness (QED) is 0.266. The Kier molecular flexibility index (Phi) is 5.73. The minimum atomic E-state index is -0.779. The molecule has 27 heavy (non-hydrogen) atoms. The van der Waals surface area contributed by atoms with Crippen LogP contribution in [-0.2, 0) is 9.57 Å². The summed E-state index contributed by atoms with van der Waals surface area (Å²) in [6, 6.07) is 11.4. The molecule has 0 aliphatic heterocycles. The molecule has 0 aliphatic carbocycles. The molecule has 3 aromatic rings. The first-order valence-electron chi connectivity index (χ1n) is 7.93. The number of benzene rings is 1. The monoisotopic (exact) mass is 387 g/mol. The van der Waals surface area contributed by atoms with Gasteiger partial charge in [-0.2, -0.15) is 0 Å². The largest absolute Gasteiger partial charge is 0.462 e. The molecule has 0 fully saturated rings. The number of hydrogen-bond donors (Lipinski definition) is 0. The summed E-state index contributed by atoms with van der Waals surface area (Å²) in [5.74, 6) is -0.864. The van der Waals surface area contributed by atoms with Gasteiger partial charge in [-0.3, -0.25) is 0 Å². The molecule has 0 spiro atoms. The molecule has 2 aromatic heterocycles. The first-order valence-corrected chi connectivity index (χ1v) is 8.31. The van der Waals surface area contributed by atoms with Gasteiger partial charge >= 0.3 is 11.9 Å². The average Bonchev–Trinajstić information content (AvgIpc) is 3.33. The number of oxime groups is 1. The van der Waals surface area contributed by atoms with Crippen LogP contribution in [0, 0.1) is 0 Å². The highest BCUT2D eigenvalue weighted by Crippen LogP contribution is 2.27. The molecule has 2 heterocycles. The minimum Gasteiger partial charge on any atom is -0.462 e. The summed E-state index contributed by atoms with van der Waals surface area (Å²) in [6.45, 7) is 1.89. The van der Waals surface area contributed by atoms with Crippen LogP contribution >= 0.6 is 11.6 Å². The van der Waals surface area contributed by atoms with Gasteiger partial charge < -0.3 is 18.4 Å². The minimum absolute atomic E-state index is 0.000866. The summed E-state index contributed by atoms with van der Waals surface area (Å²) in [7, 11) is 0. The fourth-order valence-corrected chi connectivity index (χ4v) is 2.31. The highest BCUT2D eigenvalue weighted by Gasteiger charge is 2.19. The van der Waals surface area contributed by atoms with Crippen LogP contribution in [0.2, 0.25) is 5.02 Å². The lowest BCUT2D eigenvalue weighted by Gasteiger charge is -1.98. The third-order valence-corrected chi connectivity index (χ3v) is 3.66. The van der Waals surface area contributed by atoms with Crippen LogP contribution in [0.25, 0.3) is 11.3 Å². The van der Waals surface area contributed by atoms with E-state index in [9.17, 15) is 9.59 Å². The summed E-state index contributed by atoms with van der Waals surface area (Å²) in [5, 5.41) is 4.14. The van der Waals surface area contributed by atoms with Crippen LogP contribution in [-0.4, -0.2) is 24.8 Å². The van der Waals surface area contributed by atoms with Crippen molar-refractivity contribution in [1.82, 2.24) is 0 Å². The Morgan fingerprint density at radius 3 is 2.63 bits per heavy atom. The van der Waals surface area contributed by atoms with Gasteiger partial charge in [0.25, 0.3) is 0 Å². The molecule has 0 aliphatic rings. The summed E-state index contributed by atoms with van der Waals surface area (Å²) >= 11 is 5.89. The smallest absolute Gasteiger partial charge is 0.400 e. The number of carbonyl (C=O) groups is 2. The van der Waals surface area contributed by atoms with E-state index in [1.165, 1.54) is 18.4 Å². The summed E-state index contributed by atoms with van der Waals surface area (Å²) in [6.07, 6.45) is 2.45. The van der Waals surface area contributed by atoms with E-state index in [1.54, 1.807) is 37.3 Å². The van der Waals surface area contributed by atoms with Crippen molar-refractivity contribution >= 4 is 29.8 Å². The number of hydrogen-bond acceptors (Lipinski definition) is 7. The third-order valence-electron chi connectivity index (χ3n) is 3.41. The Morgan fingerprint density at radius 1 is 1.19 bits per heavy atom. The van der Waals surface area contributed by atoms with Crippen LogP contribution in [0.15, 0.2) is 62.7 Å². The Balaban J connectivity index is 1.85. The maximum Gasteiger partial charge on any atom is 0.400 e. The van der Waals surface area contributed by atoms with Crippen molar-refractivity contribution in [3.63, 3.8) is 0 Å². The first kappa shape index (κ1) is 18.5. The van der Waals surface area contributed by atoms with E-state index in [0.717, 1.165) is 6.21 Å². The van der Waals surface area contributed by atoms with E-state index >= 15 is 0 Å². The molecular weight excluding hydrogens is 374 g/mol. The summed E-state index contributed by atoms with van der Waals surface area (Å²) < 4.78 is 15.6. The van der Waals surface area contributed by atoms with Gasteiger partial charge in [-0.1, -0.05) is 16.8 Å². The molecule has 0 radical (unpaired) electrons. The van der Waals surface area contributed by atoms with Crippen molar-refractivity contribution in [2.75, 3.05) is 6.61 Å². The van der Waals surface area contributed by atoms with Gasteiger partial charge in [0.1, 0.15) is 17.5 Å². The van der Waals surface area contributed by atoms with Crippen LogP contribution in [0.4, 0.5) is 0 Å². The maximum absolute atomic E-state index is 12.2. The second-order valence-corrected chi connectivity index (χ2v) is 5.64. The maximum atomic E-state index is 12.2. The topological polar surface area (TPSA) is 91.2 Å². The van der Waals surface area contributed by atoms with Gasteiger partial charge in [0.05, 0.1) is 12.9 Å². The van der Waals surface area contributed by atoms with Gasteiger partial charge in [0.15, 0.2) is 5.76 Å². The summed E-state index contributed by atoms with van der Waals surface area (Å²) in [4.78, 5) is 28.6. The lowest BCUT2D eigenvalue weighted by molar-refractivity contribution is 0.0482. The number of furan rings is 2. The number of halogens is 1. The molecule has 0 saturated carbocycles. The van der Waals surface area contributed by atoms with Gasteiger partial charge in [-0.25, -0.2) is 9.59 Å². The number of esters is 1. The molecule has 0 amide bonds. The Morgan fingerprint density at radius 2 is 1.96 bits per heavy atom. The van der Waals surface area contributed by atoms with Crippen molar-refractivity contribution in [1.29, 1.82) is 0 Å². The Bertz CT molecular complexity index is 957. The molecule has 7 nitrogen and oxygen atoms in total. The molecule has 0 N–H and O–H groups in total. The van der Waals surface area contributed by atoms with E-state index in [1.807, 2.05) is 0 Å². The molecule has 0 atom stereocenters. The van der Waals surface area contributed by atoms with Crippen LogP contribution in [0.5, 0.6) is 0 Å². The summed E-state index contributed by atoms with van der Waals surface area (Å²) in [5.41, 5.74) is 0.858. The van der Waals surface area contributed by atoms with Crippen molar-refractivity contribution in [3.8, 4) is 11.3 Å². The zero-order chi connectivity index (χ0) is 19.2. The molecule has 0 unspecified atom stereocenters. The second-order valence-electron chi connectivity index (χ2n) is 5.21. The highest BCUT2D eigenvalue weighted by molar-refractivity contribution is 6.30. The zero-order valence-electron chi connectivity index (χ0n) is 14.2. The first-order chi connectivity index (χ1) is 13.1. The Labute approximate surface area is 159 Å². The number of rotatable bonds is 6. The molecule has 0 bridgehead atoms. The normalized spacial score (nSPS) is 10.9. The predicted octanol–water partition coefficient (Wildman–Crippen LogP) is 4.56. The van der Waals surface area contributed by atoms with Crippen molar-refractivity contribution in [3.05, 3.63) is 70.8 Å². The van der Waals surface area contributed by atoms with E-state index in [2.05, 4.69) is 5.16 Å². The molecule has 1 aromatic carbocycles. The van der Waals surface area contributed by atoms with E-state index in [-0.39, 0.29) is 23.7 Å². The van der Waals surface area contributed by atoms with Gasteiger partial charge in [0.2, 0.25) is 5.76 Å². The average molecular weight is 388 g/mol. The molecule has 138 valence electrons. The number of carbonyl (C=O) groups excluding carboxylic acids is 2. The zero-order valence-corrected chi connectivity index (χ0v) is 14.9. The van der Waals surface area contributed by atoms with Crippen LogP contribution in [0.3, 0.4) is 0 Å². The highest BCUT2D eigenvalue weighted by atomic mass is 35.5. The lowest BCUT2D eigenvalue weighted by Crippen LogP contribution is -2.06. The van der Waals surface area contributed by atoms with E-state index in [0.29, 0.717) is 16.3 Å². The SMILES string of the molecule is CCOC(=O)c1cc(-c2ccc(Cl)cc2)oc1/C=N/OC(=O)c1ccco1. The predicted molar refractivity (Wildman–Crippen MR) is 96.8 cm³/mol. The van der Waals surface area contributed by atoms with E-state index < -0.39 is 11.9 Å². The number of nitrogens with zero attached hydrogens (tertiary/aromatic N) is 1. The molecule has 3 rings (SSSR count). The molecular formula is C19H14ClNO6. The fraction of sp³-hybridized carbons (Fsp3) is 0.105. The van der Waals surface area contributed by atoms with E-state index in [4.69, 9.17) is 30.0 Å². The standard InChI is InChI=1S/C19H14ClNO6/c1-2-24-18(22)14-10-16(12-5-7-13(20)8-6-12)26-17(14)11-21-27-19(23)15-4-3-9-25-15/h3-11H,2H2,1H3/b21-11+. The van der Waals surface area contributed by atoms with Gasteiger partial charge in [-0.15, -0.1) is 0 Å². The third kappa shape index (κ3) is 4.45. The second kappa shape index (κ2) is 8.37. The van der Waals surface area contributed by atoms with Crippen molar-refractivity contribution in [2.45, 2.75) is 6.92 Å².